The van der Waals surface area contributed by atoms with Gasteiger partial charge in [0, 0.05) is 6.42 Å². The van der Waals surface area contributed by atoms with Crippen LogP contribution in [-0.4, -0.2) is 24.8 Å². The van der Waals surface area contributed by atoms with Crippen LogP contribution < -0.4 is 0 Å². The average Bonchev–Trinajstić information content (AvgIpc) is 2.65. The summed E-state index contributed by atoms with van der Waals surface area (Å²) in [5, 5.41) is 0. The van der Waals surface area contributed by atoms with E-state index in [9.17, 15) is 0 Å². The van der Waals surface area contributed by atoms with Gasteiger partial charge in [0.15, 0.2) is 0 Å². The fraction of sp³-hybridized carbons (Fsp3) is 1.00. The molecule has 3 bridgehead atoms. The van der Waals surface area contributed by atoms with Crippen LogP contribution in [0.3, 0.4) is 0 Å². The Kier molecular flexibility index (Phi) is 4.55. The van der Waals surface area contributed by atoms with Gasteiger partial charge in [0.25, 0.3) is 6.48 Å². The maximum Gasteiger partial charge on any atom is 0.272 e. The summed E-state index contributed by atoms with van der Waals surface area (Å²) < 4.78 is 17.4. The molecule has 0 radical (unpaired) electrons. The van der Waals surface area contributed by atoms with Crippen molar-refractivity contribution in [3.05, 3.63) is 0 Å². The zero-order valence-electron chi connectivity index (χ0n) is 11.3. The van der Waals surface area contributed by atoms with E-state index in [1.807, 2.05) is 0 Å². The molecule has 2 aliphatic heterocycles. The van der Waals surface area contributed by atoms with Crippen molar-refractivity contribution in [2.75, 3.05) is 0 Å². The van der Waals surface area contributed by atoms with Crippen molar-refractivity contribution in [3.8, 4) is 0 Å². The lowest BCUT2D eigenvalue weighted by atomic mass is 9.96. The van der Waals surface area contributed by atoms with E-state index in [-0.39, 0.29) is 6.48 Å². The SMILES string of the molecule is C1CCCCCC2OC3OC(CCCC1)CC2O3. The fourth-order valence-electron chi connectivity index (χ4n) is 3.45. The maximum absolute atomic E-state index is 5.85. The van der Waals surface area contributed by atoms with Gasteiger partial charge in [-0.2, -0.15) is 0 Å². The second-order valence-corrected chi connectivity index (χ2v) is 6.04. The van der Waals surface area contributed by atoms with Gasteiger partial charge in [-0.25, -0.2) is 0 Å². The first-order valence-electron chi connectivity index (χ1n) is 7.88. The molecular formula is C15H26O3. The summed E-state index contributed by atoms with van der Waals surface area (Å²) in [5.41, 5.74) is 0. The minimum absolute atomic E-state index is 0.294. The van der Waals surface area contributed by atoms with Crippen LogP contribution in [0.5, 0.6) is 0 Å². The van der Waals surface area contributed by atoms with Gasteiger partial charge < -0.3 is 14.2 Å². The van der Waals surface area contributed by atoms with E-state index in [1.54, 1.807) is 0 Å². The number of rotatable bonds is 0. The van der Waals surface area contributed by atoms with Crippen molar-refractivity contribution < 1.29 is 14.2 Å². The molecule has 2 heterocycles. The van der Waals surface area contributed by atoms with Gasteiger partial charge in [0.05, 0.1) is 18.3 Å². The van der Waals surface area contributed by atoms with Crippen LogP contribution in [-0.2, 0) is 14.2 Å². The minimum atomic E-state index is -0.358. The van der Waals surface area contributed by atoms with Crippen molar-refractivity contribution in [2.24, 2.45) is 0 Å². The van der Waals surface area contributed by atoms with Crippen LogP contribution >= 0.6 is 0 Å². The lowest BCUT2D eigenvalue weighted by Crippen LogP contribution is -2.33. The molecule has 0 aromatic carbocycles. The highest BCUT2D eigenvalue weighted by Gasteiger charge is 2.43. The van der Waals surface area contributed by atoms with Crippen LogP contribution in [0.4, 0.5) is 0 Å². The Balaban J connectivity index is 1.56. The summed E-state index contributed by atoms with van der Waals surface area (Å²) in [6.45, 7) is -0.358. The molecule has 0 aromatic heterocycles. The molecule has 2 saturated heterocycles. The van der Waals surface area contributed by atoms with Gasteiger partial charge >= 0.3 is 0 Å². The molecular weight excluding hydrogens is 228 g/mol. The van der Waals surface area contributed by atoms with Crippen LogP contribution in [0.25, 0.3) is 0 Å². The summed E-state index contributed by atoms with van der Waals surface area (Å²) in [6, 6.07) is 0. The highest BCUT2D eigenvalue weighted by molar-refractivity contribution is 4.83. The molecule has 0 spiro atoms. The summed E-state index contributed by atoms with van der Waals surface area (Å²) >= 11 is 0. The zero-order chi connectivity index (χ0) is 12.2. The molecule has 0 aromatic rings. The van der Waals surface area contributed by atoms with E-state index < -0.39 is 0 Å². The van der Waals surface area contributed by atoms with Crippen molar-refractivity contribution in [3.63, 3.8) is 0 Å². The van der Waals surface area contributed by atoms with Gasteiger partial charge in [-0.15, -0.1) is 0 Å². The third-order valence-electron chi connectivity index (χ3n) is 4.55. The number of fused-ring (bicyclic) bond motifs is 2. The first kappa shape index (κ1) is 12.9. The lowest BCUT2D eigenvalue weighted by Gasteiger charge is -2.27. The molecule has 0 amide bonds. The molecule has 3 nitrogen and oxygen atoms in total. The molecule has 3 fully saturated rings. The van der Waals surface area contributed by atoms with E-state index in [4.69, 9.17) is 14.2 Å². The van der Waals surface area contributed by atoms with Gasteiger partial charge in [0.2, 0.25) is 0 Å². The van der Waals surface area contributed by atoms with Crippen molar-refractivity contribution in [1.29, 1.82) is 0 Å². The quantitative estimate of drug-likeness (QED) is 0.659. The second-order valence-electron chi connectivity index (χ2n) is 6.04. The first-order valence-corrected chi connectivity index (χ1v) is 7.88. The van der Waals surface area contributed by atoms with Crippen molar-refractivity contribution in [1.82, 2.24) is 0 Å². The highest BCUT2D eigenvalue weighted by Crippen LogP contribution is 2.35. The van der Waals surface area contributed by atoms with Gasteiger partial charge in [-0.1, -0.05) is 51.4 Å². The molecule has 104 valence electrons. The summed E-state index contributed by atoms with van der Waals surface area (Å²) in [4.78, 5) is 0. The Morgan fingerprint density at radius 2 is 1.17 bits per heavy atom. The van der Waals surface area contributed by atoms with E-state index in [2.05, 4.69) is 0 Å². The molecule has 4 atom stereocenters. The second kappa shape index (κ2) is 6.36. The Labute approximate surface area is 110 Å². The van der Waals surface area contributed by atoms with E-state index in [0.717, 1.165) is 12.8 Å². The molecule has 3 heteroatoms. The van der Waals surface area contributed by atoms with Crippen molar-refractivity contribution in [2.45, 2.75) is 95.4 Å². The monoisotopic (exact) mass is 254 g/mol. The number of hydrogen-bond acceptors (Lipinski definition) is 3. The van der Waals surface area contributed by atoms with Crippen molar-refractivity contribution >= 4 is 0 Å². The standard InChI is InChI=1S/C15H26O3/c1-2-4-6-8-10-13-14-11-12(9-7-5-3-1)16-15(17-13)18-14/h12-15H,1-11H2. The average molecular weight is 254 g/mol. The summed E-state index contributed by atoms with van der Waals surface area (Å²) in [6.07, 6.45) is 15.3. The highest BCUT2D eigenvalue weighted by atomic mass is 16.9. The summed E-state index contributed by atoms with van der Waals surface area (Å²) in [7, 11) is 0. The predicted molar refractivity (Wildman–Crippen MR) is 69.2 cm³/mol. The molecule has 3 rings (SSSR count). The minimum Gasteiger partial charge on any atom is -0.326 e. The Bertz CT molecular complexity index is 254. The summed E-state index contributed by atoms with van der Waals surface area (Å²) in [5.74, 6) is 0. The van der Waals surface area contributed by atoms with E-state index in [0.29, 0.717) is 18.3 Å². The molecule has 3 aliphatic rings. The topological polar surface area (TPSA) is 27.7 Å². The molecule has 0 N–H and O–H groups in total. The Morgan fingerprint density at radius 3 is 1.94 bits per heavy atom. The van der Waals surface area contributed by atoms with E-state index >= 15 is 0 Å². The van der Waals surface area contributed by atoms with Gasteiger partial charge in [-0.05, 0) is 12.8 Å². The Morgan fingerprint density at radius 1 is 0.556 bits per heavy atom. The predicted octanol–water partition coefficient (Wildman–Crippen LogP) is 3.76. The number of hydrogen-bond donors (Lipinski definition) is 0. The third kappa shape index (κ3) is 3.25. The normalized spacial score (nSPS) is 42.7. The van der Waals surface area contributed by atoms with Gasteiger partial charge in [-0.3, -0.25) is 0 Å². The van der Waals surface area contributed by atoms with E-state index in [1.165, 1.54) is 57.8 Å². The zero-order valence-corrected chi connectivity index (χ0v) is 11.3. The Hall–Kier alpha value is -0.120. The molecule has 1 aliphatic carbocycles. The smallest absolute Gasteiger partial charge is 0.272 e. The third-order valence-corrected chi connectivity index (χ3v) is 4.55. The fourth-order valence-corrected chi connectivity index (χ4v) is 3.45. The maximum atomic E-state index is 5.85. The lowest BCUT2D eigenvalue weighted by molar-refractivity contribution is -0.287. The van der Waals surface area contributed by atoms with Crippen LogP contribution in [0.1, 0.15) is 70.6 Å². The van der Waals surface area contributed by atoms with Crippen LogP contribution in [0, 0.1) is 0 Å². The first-order chi connectivity index (χ1) is 8.92. The van der Waals surface area contributed by atoms with Crippen LogP contribution in [0.2, 0.25) is 0 Å². The number of ether oxygens (including phenoxy) is 3. The van der Waals surface area contributed by atoms with Crippen LogP contribution in [0.15, 0.2) is 0 Å². The molecule has 18 heavy (non-hydrogen) atoms. The van der Waals surface area contributed by atoms with Gasteiger partial charge in [0.1, 0.15) is 0 Å². The molecule has 1 saturated carbocycles. The largest absolute Gasteiger partial charge is 0.326 e. The molecule has 4 unspecified atom stereocenters.